The molecule has 2 fully saturated rings. The average molecular weight is 493 g/mol. The molecule has 0 saturated carbocycles. The van der Waals surface area contributed by atoms with Gasteiger partial charge in [0.1, 0.15) is 11.3 Å². The first-order valence-corrected chi connectivity index (χ1v) is 13.6. The van der Waals surface area contributed by atoms with Crippen LogP contribution in [0.2, 0.25) is 0 Å². The minimum absolute atomic E-state index is 0.777. The summed E-state index contributed by atoms with van der Waals surface area (Å²) in [5.74, 6) is 0. The molecule has 188 valence electrons. The van der Waals surface area contributed by atoms with E-state index in [1.165, 1.54) is 62.9 Å². The van der Waals surface area contributed by atoms with Crippen molar-refractivity contribution in [3.05, 3.63) is 54.6 Å². The molecule has 5 aromatic heterocycles. The van der Waals surface area contributed by atoms with Gasteiger partial charge >= 0.3 is 0 Å². The normalized spacial score (nSPS) is 17.1. The van der Waals surface area contributed by atoms with Crippen molar-refractivity contribution in [1.82, 2.24) is 35.0 Å². The van der Waals surface area contributed by atoms with Crippen LogP contribution < -0.4 is 4.90 Å². The average Bonchev–Trinajstić information content (AvgIpc) is 3.58. The Labute approximate surface area is 216 Å². The van der Waals surface area contributed by atoms with Gasteiger partial charge < -0.3 is 9.88 Å². The Balaban J connectivity index is 1.23. The number of H-pyrrole nitrogens is 2. The third kappa shape index (κ3) is 4.35. The molecule has 2 aliphatic rings. The monoisotopic (exact) mass is 492 g/mol. The molecule has 2 aliphatic heterocycles. The molecule has 0 aliphatic carbocycles. The smallest absolute Gasteiger partial charge is 0.155 e. The van der Waals surface area contributed by atoms with Crippen LogP contribution in [-0.2, 0) is 6.54 Å². The molecule has 2 saturated heterocycles. The van der Waals surface area contributed by atoms with E-state index in [1.807, 2.05) is 24.8 Å². The summed E-state index contributed by atoms with van der Waals surface area (Å²) < 4.78 is 0. The van der Waals surface area contributed by atoms with Crippen molar-refractivity contribution in [2.75, 3.05) is 31.1 Å². The van der Waals surface area contributed by atoms with Crippen LogP contribution in [0.5, 0.6) is 0 Å². The topological polar surface area (TPSA) is 89.6 Å². The molecule has 0 bridgehead atoms. The van der Waals surface area contributed by atoms with Crippen LogP contribution in [0.25, 0.3) is 44.6 Å². The van der Waals surface area contributed by atoms with Gasteiger partial charge in [0.05, 0.1) is 5.69 Å². The highest BCUT2D eigenvalue weighted by Gasteiger charge is 2.19. The van der Waals surface area contributed by atoms with E-state index in [2.05, 4.69) is 59.2 Å². The number of nitrogens with one attached hydrogen (secondary N) is 2. The first kappa shape index (κ1) is 22.4. The third-order valence-electron chi connectivity index (χ3n) is 7.86. The maximum Gasteiger partial charge on any atom is 0.155 e. The summed E-state index contributed by atoms with van der Waals surface area (Å²) >= 11 is 0. The summed E-state index contributed by atoms with van der Waals surface area (Å²) in [7, 11) is 0. The van der Waals surface area contributed by atoms with Crippen molar-refractivity contribution >= 4 is 27.8 Å². The maximum atomic E-state index is 4.70. The number of aromatic nitrogens is 6. The zero-order chi connectivity index (χ0) is 24.6. The molecule has 0 radical (unpaired) electrons. The summed E-state index contributed by atoms with van der Waals surface area (Å²) in [6.45, 7) is 5.50. The van der Waals surface area contributed by atoms with Gasteiger partial charge in [0, 0.05) is 72.0 Å². The van der Waals surface area contributed by atoms with Gasteiger partial charge in [0.2, 0.25) is 0 Å². The molecule has 8 nitrogen and oxygen atoms in total. The van der Waals surface area contributed by atoms with Crippen LogP contribution in [0, 0.1) is 0 Å². The van der Waals surface area contributed by atoms with Gasteiger partial charge in [-0.25, -0.2) is 9.97 Å². The molecular formula is C29H32N8. The van der Waals surface area contributed by atoms with Gasteiger partial charge in [-0.1, -0.05) is 6.42 Å². The highest BCUT2D eigenvalue weighted by Crippen LogP contribution is 2.34. The Morgan fingerprint density at radius 3 is 2.43 bits per heavy atom. The fourth-order valence-corrected chi connectivity index (χ4v) is 5.93. The molecular weight excluding hydrogens is 460 g/mol. The summed E-state index contributed by atoms with van der Waals surface area (Å²) in [6.07, 6.45) is 15.5. The van der Waals surface area contributed by atoms with E-state index in [0.29, 0.717) is 0 Å². The molecule has 0 spiro atoms. The van der Waals surface area contributed by atoms with Gasteiger partial charge in [0.25, 0.3) is 0 Å². The number of nitrogens with zero attached hydrogens (tertiary/aromatic N) is 6. The summed E-state index contributed by atoms with van der Waals surface area (Å²) in [5.41, 5.74) is 8.12. The number of rotatable bonds is 5. The molecule has 0 unspecified atom stereocenters. The number of piperidine rings is 2. The fourth-order valence-electron chi connectivity index (χ4n) is 5.93. The van der Waals surface area contributed by atoms with Crippen molar-refractivity contribution < 1.29 is 0 Å². The molecule has 7 heterocycles. The lowest BCUT2D eigenvalue weighted by atomic mass is 10.0. The number of likely N-dealkylation sites (tertiary alicyclic amines) is 1. The molecule has 5 aromatic rings. The SMILES string of the molecule is c1cc(N2CCCCC2)c2cc(-c3n[nH]c4ncc(-c5cncc(CN6CCCCC6)c5)cc34)[nH]c2n1. The van der Waals surface area contributed by atoms with Crippen LogP contribution in [-0.4, -0.2) is 61.2 Å². The predicted octanol–water partition coefficient (Wildman–Crippen LogP) is 5.54. The molecule has 37 heavy (non-hydrogen) atoms. The lowest BCUT2D eigenvalue weighted by Crippen LogP contribution is -2.29. The second-order valence-corrected chi connectivity index (χ2v) is 10.4. The number of hydrogen-bond donors (Lipinski definition) is 2. The number of hydrogen-bond acceptors (Lipinski definition) is 6. The van der Waals surface area contributed by atoms with Gasteiger partial charge in [-0.15, -0.1) is 0 Å². The first-order chi connectivity index (χ1) is 18.3. The van der Waals surface area contributed by atoms with Crippen LogP contribution in [0.3, 0.4) is 0 Å². The van der Waals surface area contributed by atoms with E-state index >= 15 is 0 Å². The van der Waals surface area contributed by atoms with Gasteiger partial charge in [-0.2, -0.15) is 5.10 Å². The van der Waals surface area contributed by atoms with Crippen molar-refractivity contribution in [2.45, 2.75) is 45.1 Å². The second kappa shape index (κ2) is 9.59. The first-order valence-electron chi connectivity index (χ1n) is 13.6. The van der Waals surface area contributed by atoms with E-state index in [1.54, 1.807) is 0 Å². The molecule has 0 amide bonds. The Bertz CT molecular complexity index is 1540. The lowest BCUT2D eigenvalue weighted by molar-refractivity contribution is 0.220. The Hall–Kier alpha value is -3.78. The highest BCUT2D eigenvalue weighted by atomic mass is 15.2. The van der Waals surface area contributed by atoms with E-state index < -0.39 is 0 Å². The molecule has 7 rings (SSSR count). The molecule has 2 N–H and O–H groups in total. The zero-order valence-electron chi connectivity index (χ0n) is 21.1. The Morgan fingerprint density at radius 2 is 1.57 bits per heavy atom. The van der Waals surface area contributed by atoms with Crippen LogP contribution in [0.15, 0.2) is 49.1 Å². The number of aromatic amines is 2. The van der Waals surface area contributed by atoms with Crippen molar-refractivity contribution in [2.24, 2.45) is 0 Å². The standard InChI is InChI=1S/C29H32N8/c1-3-9-36(10-4-1)19-20-13-21(17-30-16-20)22-14-24-27(34-35-29(24)32-18-22)25-15-23-26(7-8-31-28(23)33-25)37-11-5-2-6-12-37/h7-8,13-18H,1-6,9-12,19H2,(H,31,33)(H,32,34,35). The van der Waals surface area contributed by atoms with Crippen molar-refractivity contribution in [3.63, 3.8) is 0 Å². The maximum absolute atomic E-state index is 4.70. The van der Waals surface area contributed by atoms with E-state index in [-0.39, 0.29) is 0 Å². The summed E-state index contributed by atoms with van der Waals surface area (Å²) in [4.78, 5) is 22.4. The quantitative estimate of drug-likeness (QED) is 0.335. The van der Waals surface area contributed by atoms with E-state index in [4.69, 9.17) is 4.98 Å². The minimum atomic E-state index is 0.777. The van der Waals surface area contributed by atoms with Gasteiger partial charge in [-0.05, 0) is 75.0 Å². The molecule has 8 heteroatoms. The van der Waals surface area contributed by atoms with Crippen molar-refractivity contribution in [3.8, 4) is 22.5 Å². The molecule has 0 atom stereocenters. The molecule has 0 aromatic carbocycles. The lowest BCUT2D eigenvalue weighted by Gasteiger charge is -2.29. The van der Waals surface area contributed by atoms with Crippen molar-refractivity contribution in [1.29, 1.82) is 0 Å². The highest BCUT2D eigenvalue weighted by molar-refractivity contribution is 5.98. The van der Waals surface area contributed by atoms with Crippen LogP contribution in [0.1, 0.15) is 44.1 Å². The fraction of sp³-hybridized carbons (Fsp3) is 0.379. The number of anilines is 1. The van der Waals surface area contributed by atoms with Gasteiger partial charge in [0.15, 0.2) is 5.65 Å². The van der Waals surface area contributed by atoms with E-state index in [9.17, 15) is 0 Å². The Morgan fingerprint density at radius 1 is 0.757 bits per heavy atom. The summed E-state index contributed by atoms with van der Waals surface area (Å²) in [6, 6.07) is 8.75. The predicted molar refractivity (Wildman–Crippen MR) is 147 cm³/mol. The minimum Gasteiger partial charge on any atom is -0.371 e. The van der Waals surface area contributed by atoms with Gasteiger partial charge in [-0.3, -0.25) is 15.0 Å². The zero-order valence-corrected chi connectivity index (χ0v) is 21.1. The second-order valence-electron chi connectivity index (χ2n) is 10.4. The summed E-state index contributed by atoms with van der Waals surface area (Å²) in [5, 5.41) is 9.91. The van der Waals surface area contributed by atoms with E-state index in [0.717, 1.165) is 64.2 Å². The number of pyridine rings is 3. The Kier molecular flexibility index (Phi) is 5.81. The van der Waals surface area contributed by atoms with Crippen LogP contribution >= 0.6 is 0 Å². The largest absolute Gasteiger partial charge is 0.371 e. The third-order valence-corrected chi connectivity index (χ3v) is 7.86. The number of fused-ring (bicyclic) bond motifs is 2. The van der Waals surface area contributed by atoms with Crippen LogP contribution in [0.4, 0.5) is 5.69 Å².